The van der Waals surface area contributed by atoms with Crippen LogP contribution in [-0.4, -0.2) is 44.8 Å². The van der Waals surface area contributed by atoms with Gasteiger partial charge in [0, 0.05) is 12.8 Å². The molecule has 0 heterocycles. The molecule has 0 fully saturated rings. The minimum atomic E-state index is -1.15. The summed E-state index contributed by atoms with van der Waals surface area (Å²) in [5.74, 6) is -2.09. The quantitative estimate of drug-likeness (QED) is 0.331. The first kappa shape index (κ1) is 13.8. The monoisotopic (exact) mass is 221 g/mol. The van der Waals surface area contributed by atoms with Crippen LogP contribution in [0.25, 0.3) is 0 Å². The molecule has 2 unspecified atom stereocenters. The second-order valence-corrected chi connectivity index (χ2v) is 3.06. The summed E-state index contributed by atoms with van der Waals surface area (Å²) in [6.45, 7) is 0. The highest BCUT2D eigenvalue weighted by atomic mass is 16.4. The molecule has 0 saturated carbocycles. The summed E-state index contributed by atoms with van der Waals surface area (Å²) in [4.78, 5) is 20.3. The van der Waals surface area contributed by atoms with Crippen molar-refractivity contribution in [1.29, 1.82) is 0 Å². The Morgan fingerprint density at radius 1 is 0.933 bits per heavy atom. The number of hydrogen-bond donors (Lipinski definition) is 5. The fourth-order valence-corrected chi connectivity index (χ4v) is 0.909. The van der Waals surface area contributed by atoms with Gasteiger partial charge in [-0.2, -0.15) is 0 Å². The van der Waals surface area contributed by atoms with Gasteiger partial charge in [0.15, 0.2) is 0 Å². The number of aliphatic carboxylic acids is 2. The number of carboxylic acids is 2. The molecular formula is C8H15NO6. The molecule has 0 spiro atoms. The van der Waals surface area contributed by atoms with Crippen molar-refractivity contribution in [2.75, 3.05) is 0 Å². The third kappa shape index (κ3) is 9.13. The largest absolute Gasteiger partial charge is 0.481 e. The lowest BCUT2D eigenvalue weighted by molar-refractivity contribution is -0.138. The highest BCUT2D eigenvalue weighted by Gasteiger charge is 2.12. The lowest BCUT2D eigenvalue weighted by Crippen LogP contribution is -2.38. The van der Waals surface area contributed by atoms with Gasteiger partial charge in [-0.25, -0.2) is 0 Å². The summed E-state index contributed by atoms with van der Waals surface area (Å²) < 4.78 is 0. The highest BCUT2D eigenvalue weighted by Crippen LogP contribution is 1.99. The second-order valence-electron chi connectivity index (χ2n) is 3.06. The zero-order chi connectivity index (χ0) is 11.8. The molecule has 2 atom stereocenters. The molecule has 0 aromatic rings. The van der Waals surface area contributed by atoms with E-state index in [1.54, 1.807) is 0 Å². The standard InChI is InChI=1S/C8H15NO6/c10-5(1-3-7(12)13)9-6(11)2-4-8(14)15/h5-6,9-11H,1-4H2,(H,12,13)(H,14,15). The summed E-state index contributed by atoms with van der Waals surface area (Å²) in [6, 6.07) is 0. The molecule has 0 amide bonds. The van der Waals surface area contributed by atoms with Crippen LogP contribution >= 0.6 is 0 Å². The molecule has 7 heteroatoms. The van der Waals surface area contributed by atoms with Gasteiger partial charge in [0.1, 0.15) is 12.5 Å². The Morgan fingerprint density at radius 3 is 1.53 bits per heavy atom. The van der Waals surface area contributed by atoms with E-state index in [4.69, 9.17) is 20.4 Å². The predicted octanol–water partition coefficient (Wildman–Crippen LogP) is -1.06. The Labute approximate surface area is 86.3 Å². The third-order valence-electron chi connectivity index (χ3n) is 1.65. The summed E-state index contributed by atoms with van der Waals surface area (Å²) >= 11 is 0. The van der Waals surface area contributed by atoms with E-state index in [9.17, 15) is 9.59 Å². The molecule has 0 rings (SSSR count). The molecule has 0 aromatic carbocycles. The molecule has 0 radical (unpaired) electrons. The van der Waals surface area contributed by atoms with Gasteiger partial charge in [-0.3, -0.25) is 14.9 Å². The van der Waals surface area contributed by atoms with Crippen LogP contribution in [0.4, 0.5) is 0 Å². The lowest BCUT2D eigenvalue weighted by Gasteiger charge is -2.16. The average molecular weight is 221 g/mol. The topological polar surface area (TPSA) is 127 Å². The summed E-state index contributed by atoms with van der Waals surface area (Å²) in [7, 11) is 0. The van der Waals surface area contributed by atoms with Crippen molar-refractivity contribution in [1.82, 2.24) is 5.32 Å². The third-order valence-corrected chi connectivity index (χ3v) is 1.65. The van der Waals surface area contributed by atoms with Crippen molar-refractivity contribution in [2.45, 2.75) is 38.1 Å². The van der Waals surface area contributed by atoms with Gasteiger partial charge in [-0.1, -0.05) is 0 Å². The number of rotatable bonds is 8. The van der Waals surface area contributed by atoms with Gasteiger partial charge < -0.3 is 20.4 Å². The smallest absolute Gasteiger partial charge is 0.303 e. The van der Waals surface area contributed by atoms with E-state index in [0.29, 0.717) is 0 Å². The number of hydrogen-bond acceptors (Lipinski definition) is 5. The second kappa shape index (κ2) is 7.16. The van der Waals surface area contributed by atoms with Crippen LogP contribution in [0.2, 0.25) is 0 Å². The van der Waals surface area contributed by atoms with Gasteiger partial charge in [0.25, 0.3) is 0 Å². The van der Waals surface area contributed by atoms with Crippen LogP contribution in [-0.2, 0) is 9.59 Å². The Balaban J connectivity index is 3.61. The first-order chi connectivity index (χ1) is 6.91. The maximum absolute atomic E-state index is 10.1. The number of nitrogens with one attached hydrogen (secondary N) is 1. The normalized spacial score (nSPS) is 14.5. The Kier molecular flexibility index (Phi) is 6.59. The molecular weight excluding hydrogens is 206 g/mol. The summed E-state index contributed by atoms with van der Waals surface area (Å²) in [5, 5.41) is 37.2. The van der Waals surface area contributed by atoms with Crippen molar-refractivity contribution in [3.8, 4) is 0 Å². The van der Waals surface area contributed by atoms with Gasteiger partial charge >= 0.3 is 11.9 Å². The molecule has 0 aromatic heterocycles. The fourth-order valence-electron chi connectivity index (χ4n) is 0.909. The van der Waals surface area contributed by atoms with Crippen LogP contribution in [0.15, 0.2) is 0 Å². The van der Waals surface area contributed by atoms with Gasteiger partial charge in [-0.05, 0) is 12.8 Å². The molecule has 5 N–H and O–H groups in total. The summed E-state index contributed by atoms with van der Waals surface area (Å²) in [6.07, 6.45) is -2.83. The van der Waals surface area contributed by atoms with Crippen LogP contribution in [0.3, 0.4) is 0 Å². The molecule has 0 bridgehead atoms. The molecule has 0 aliphatic carbocycles. The number of carbonyl (C=O) groups is 2. The van der Waals surface area contributed by atoms with Crippen molar-refractivity contribution in [3.05, 3.63) is 0 Å². The molecule has 88 valence electrons. The predicted molar refractivity (Wildman–Crippen MR) is 48.9 cm³/mol. The highest BCUT2D eigenvalue weighted by molar-refractivity contribution is 5.66. The van der Waals surface area contributed by atoms with Crippen molar-refractivity contribution >= 4 is 11.9 Å². The van der Waals surface area contributed by atoms with Gasteiger partial charge in [0.2, 0.25) is 0 Å². The maximum Gasteiger partial charge on any atom is 0.303 e. The Hall–Kier alpha value is -1.18. The molecule has 7 nitrogen and oxygen atoms in total. The zero-order valence-corrected chi connectivity index (χ0v) is 8.09. The molecule has 0 aliphatic rings. The Morgan fingerprint density at radius 2 is 1.27 bits per heavy atom. The van der Waals surface area contributed by atoms with Crippen LogP contribution < -0.4 is 5.32 Å². The first-order valence-electron chi connectivity index (χ1n) is 4.47. The lowest BCUT2D eigenvalue weighted by atomic mass is 10.2. The first-order valence-corrected chi connectivity index (χ1v) is 4.47. The van der Waals surface area contributed by atoms with E-state index >= 15 is 0 Å². The molecule has 0 saturated heterocycles. The maximum atomic E-state index is 10.1. The number of aliphatic hydroxyl groups is 2. The summed E-state index contributed by atoms with van der Waals surface area (Å²) in [5.41, 5.74) is 0. The van der Waals surface area contributed by atoms with Crippen LogP contribution in [0.1, 0.15) is 25.7 Å². The minimum Gasteiger partial charge on any atom is -0.481 e. The van der Waals surface area contributed by atoms with E-state index in [1.165, 1.54) is 0 Å². The Bertz CT molecular complexity index is 197. The SMILES string of the molecule is O=C(O)CCC(O)NC(O)CCC(=O)O. The van der Waals surface area contributed by atoms with E-state index in [-0.39, 0.29) is 25.7 Å². The van der Waals surface area contributed by atoms with E-state index < -0.39 is 24.4 Å². The van der Waals surface area contributed by atoms with Crippen molar-refractivity contribution < 1.29 is 30.0 Å². The molecule has 0 aliphatic heterocycles. The number of aliphatic hydroxyl groups excluding tert-OH is 2. The average Bonchev–Trinajstić information content (AvgIpc) is 2.11. The van der Waals surface area contributed by atoms with Gasteiger partial charge in [0.05, 0.1) is 0 Å². The van der Waals surface area contributed by atoms with Crippen molar-refractivity contribution in [2.24, 2.45) is 0 Å². The fraction of sp³-hybridized carbons (Fsp3) is 0.750. The van der Waals surface area contributed by atoms with E-state index in [2.05, 4.69) is 5.32 Å². The zero-order valence-electron chi connectivity index (χ0n) is 8.09. The number of carboxylic acid groups (broad SMARTS) is 2. The van der Waals surface area contributed by atoms with Gasteiger partial charge in [-0.15, -0.1) is 0 Å². The van der Waals surface area contributed by atoms with E-state index in [1.807, 2.05) is 0 Å². The minimum absolute atomic E-state index is 0.0422. The molecule has 15 heavy (non-hydrogen) atoms. The van der Waals surface area contributed by atoms with Crippen LogP contribution in [0, 0.1) is 0 Å². The van der Waals surface area contributed by atoms with Crippen molar-refractivity contribution in [3.63, 3.8) is 0 Å². The van der Waals surface area contributed by atoms with E-state index in [0.717, 1.165) is 0 Å². The van der Waals surface area contributed by atoms with Crippen LogP contribution in [0.5, 0.6) is 0 Å².